The van der Waals surface area contributed by atoms with Crippen molar-refractivity contribution in [3.8, 4) is 17.2 Å². The predicted molar refractivity (Wildman–Crippen MR) is 114 cm³/mol. The summed E-state index contributed by atoms with van der Waals surface area (Å²) < 4.78 is 16.5. The van der Waals surface area contributed by atoms with Gasteiger partial charge in [-0.15, -0.1) is 0 Å². The molecule has 0 radical (unpaired) electrons. The summed E-state index contributed by atoms with van der Waals surface area (Å²) >= 11 is 5.85. The Morgan fingerprint density at radius 3 is 2.37 bits per heavy atom. The van der Waals surface area contributed by atoms with Crippen LogP contribution in [0.1, 0.15) is 31.8 Å². The molecule has 0 unspecified atom stereocenters. The molecule has 0 fully saturated rings. The van der Waals surface area contributed by atoms with E-state index < -0.39 is 5.97 Å². The van der Waals surface area contributed by atoms with Crippen molar-refractivity contribution in [3.05, 3.63) is 93.7 Å². The fourth-order valence-electron chi connectivity index (χ4n) is 3.07. The van der Waals surface area contributed by atoms with E-state index in [1.165, 1.54) is 0 Å². The summed E-state index contributed by atoms with van der Waals surface area (Å²) in [6.07, 6.45) is 1.67. The van der Waals surface area contributed by atoms with Crippen molar-refractivity contribution in [3.63, 3.8) is 0 Å². The highest BCUT2D eigenvalue weighted by molar-refractivity contribution is 6.30. The number of methoxy groups -OCH3 is 1. The average molecular weight is 421 g/mol. The lowest BCUT2D eigenvalue weighted by molar-refractivity contribution is 0.0733. The quantitative estimate of drug-likeness (QED) is 0.317. The molecule has 6 heteroatoms. The zero-order valence-electron chi connectivity index (χ0n) is 16.3. The van der Waals surface area contributed by atoms with Crippen LogP contribution in [0.15, 0.2) is 66.4 Å². The van der Waals surface area contributed by atoms with Gasteiger partial charge in [0.05, 0.1) is 18.2 Å². The fourth-order valence-corrected chi connectivity index (χ4v) is 3.20. The van der Waals surface area contributed by atoms with Gasteiger partial charge in [-0.2, -0.15) is 0 Å². The molecule has 0 atom stereocenters. The molecule has 1 heterocycles. The number of carbonyl (C=O) groups excluding carboxylic acids is 2. The van der Waals surface area contributed by atoms with Gasteiger partial charge in [0.15, 0.2) is 5.76 Å². The molecule has 0 aliphatic carbocycles. The van der Waals surface area contributed by atoms with Gasteiger partial charge in [-0.1, -0.05) is 23.7 Å². The largest absolute Gasteiger partial charge is 0.497 e. The van der Waals surface area contributed by atoms with Gasteiger partial charge in [0, 0.05) is 10.6 Å². The summed E-state index contributed by atoms with van der Waals surface area (Å²) in [5.41, 5.74) is 2.18. The van der Waals surface area contributed by atoms with E-state index in [4.69, 9.17) is 25.8 Å². The zero-order chi connectivity index (χ0) is 21.3. The number of ketones is 1. The summed E-state index contributed by atoms with van der Waals surface area (Å²) in [6, 6.07) is 16.9. The maximum Gasteiger partial charge on any atom is 0.343 e. The number of hydrogen-bond acceptors (Lipinski definition) is 5. The van der Waals surface area contributed by atoms with E-state index in [1.54, 1.807) is 68.6 Å². The minimum Gasteiger partial charge on any atom is -0.497 e. The maximum atomic E-state index is 12.7. The second kappa shape index (κ2) is 8.05. The van der Waals surface area contributed by atoms with E-state index in [2.05, 4.69) is 0 Å². The van der Waals surface area contributed by atoms with Crippen molar-refractivity contribution < 1.29 is 23.8 Å². The van der Waals surface area contributed by atoms with E-state index in [1.807, 2.05) is 12.1 Å². The molecule has 5 nitrogen and oxygen atoms in total. The highest BCUT2D eigenvalue weighted by atomic mass is 35.5. The minimum absolute atomic E-state index is 0.208. The lowest BCUT2D eigenvalue weighted by Crippen LogP contribution is -2.09. The molecule has 3 aromatic rings. The molecule has 3 aromatic carbocycles. The van der Waals surface area contributed by atoms with Crippen molar-refractivity contribution in [2.45, 2.75) is 6.92 Å². The van der Waals surface area contributed by atoms with Gasteiger partial charge >= 0.3 is 5.97 Å². The number of hydrogen-bond donors (Lipinski definition) is 0. The first-order chi connectivity index (χ1) is 14.5. The van der Waals surface area contributed by atoms with Gasteiger partial charge in [0.1, 0.15) is 17.2 Å². The molecule has 0 saturated carbocycles. The Hall–Kier alpha value is -3.57. The zero-order valence-corrected chi connectivity index (χ0v) is 17.0. The Kier molecular flexibility index (Phi) is 5.29. The van der Waals surface area contributed by atoms with Crippen LogP contribution in [0.4, 0.5) is 0 Å². The van der Waals surface area contributed by atoms with Crippen LogP contribution in [0.25, 0.3) is 6.08 Å². The van der Waals surface area contributed by atoms with Crippen LogP contribution in [0.5, 0.6) is 17.2 Å². The maximum absolute atomic E-state index is 12.7. The lowest BCUT2D eigenvalue weighted by Gasteiger charge is -2.10. The number of fused-ring (bicyclic) bond motifs is 1. The van der Waals surface area contributed by atoms with Gasteiger partial charge in [-0.05, 0) is 67.1 Å². The van der Waals surface area contributed by atoms with Crippen LogP contribution in [0.2, 0.25) is 5.02 Å². The molecular formula is C24H17ClO5. The van der Waals surface area contributed by atoms with E-state index >= 15 is 0 Å². The monoisotopic (exact) mass is 420 g/mol. The smallest absolute Gasteiger partial charge is 0.343 e. The summed E-state index contributed by atoms with van der Waals surface area (Å²) in [7, 11) is 1.59. The number of Topliss-reactive ketones (excluding diaryl/α,β-unsaturated/α-hetero) is 1. The minimum atomic E-state index is -0.520. The van der Waals surface area contributed by atoms with Crippen LogP contribution in [0, 0.1) is 6.92 Å². The Morgan fingerprint density at radius 1 is 1.00 bits per heavy atom. The SMILES string of the molecule is COc1ccc(/C=C2\Oc3c(ccc(OC(=O)c4ccc(Cl)cc4)c3C)C2=O)cc1. The molecule has 0 N–H and O–H groups in total. The Bertz CT molecular complexity index is 1160. The number of halogens is 1. The van der Waals surface area contributed by atoms with E-state index in [0.29, 0.717) is 33.2 Å². The van der Waals surface area contributed by atoms with Crippen molar-refractivity contribution >= 4 is 29.4 Å². The Balaban J connectivity index is 1.58. The van der Waals surface area contributed by atoms with Gasteiger partial charge < -0.3 is 14.2 Å². The topological polar surface area (TPSA) is 61.8 Å². The molecule has 0 amide bonds. The summed E-state index contributed by atoms with van der Waals surface area (Å²) in [4.78, 5) is 25.1. The van der Waals surface area contributed by atoms with Gasteiger partial charge in [-0.3, -0.25) is 4.79 Å². The second-order valence-corrected chi connectivity index (χ2v) is 7.11. The molecule has 0 aromatic heterocycles. The number of carbonyl (C=O) groups is 2. The summed E-state index contributed by atoms with van der Waals surface area (Å²) in [6.45, 7) is 1.74. The highest BCUT2D eigenvalue weighted by Gasteiger charge is 2.30. The average Bonchev–Trinajstić information content (AvgIpc) is 3.07. The van der Waals surface area contributed by atoms with Crippen LogP contribution in [-0.4, -0.2) is 18.9 Å². The molecule has 150 valence electrons. The number of benzene rings is 3. The van der Waals surface area contributed by atoms with Gasteiger partial charge in [0.25, 0.3) is 0 Å². The lowest BCUT2D eigenvalue weighted by atomic mass is 10.1. The van der Waals surface area contributed by atoms with Crippen LogP contribution in [0.3, 0.4) is 0 Å². The van der Waals surface area contributed by atoms with Crippen LogP contribution >= 0.6 is 11.6 Å². The molecule has 0 saturated heterocycles. The van der Waals surface area contributed by atoms with E-state index in [9.17, 15) is 9.59 Å². The van der Waals surface area contributed by atoms with Crippen molar-refractivity contribution in [1.82, 2.24) is 0 Å². The van der Waals surface area contributed by atoms with E-state index in [-0.39, 0.29) is 11.5 Å². The highest BCUT2D eigenvalue weighted by Crippen LogP contribution is 2.39. The fraction of sp³-hybridized carbons (Fsp3) is 0.0833. The number of ether oxygens (including phenoxy) is 3. The molecule has 0 bridgehead atoms. The molecule has 4 rings (SSSR count). The third-order valence-electron chi connectivity index (χ3n) is 4.73. The molecular weight excluding hydrogens is 404 g/mol. The standard InChI is InChI=1S/C24H17ClO5/c1-14-20(30-24(27)16-5-7-17(25)8-6-16)12-11-19-22(26)21(29-23(14)19)13-15-3-9-18(28-2)10-4-15/h3-13H,1-2H3/b21-13-. The second-order valence-electron chi connectivity index (χ2n) is 6.67. The first kappa shape index (κ1) is 19.7. The normalized spacial score (nSPS) is 13.7. The number of allylic oxidation sites excluding steroid dienone is 1. The van der Waals surface area contributed by atoms with Crippen LogP contribution < -0.4 is 14.2 Å². The first-order valence-electron chi connectivity index (χ1n) is 9.16. The third kappa shape index (κ3) is 3.80. The number of rotatable bonds is 4. The van der Waals surface area contributed by atoms with Gasteiger partial charge in [-0.25, -0.2) is 4.79 Å². The molecule has 0 spiro atoms. The van der Waals surface area contributed by atoms with Crippen molar-refractivity contribution in [2.75, 3.05) is 7.11 Å². The predicted octanol–water partition coefficient (Wildman–Crippen LogP) is 5.49. The summed E-state index contributed by atoms with van der Waals surface area (Å²) in [5.74, 6) is 0.905. The van der Waals surface area contributed by atoms with E-state index in [0.717, 1.165) is 11.3 Å². The van der Waals surface area contributed by atoms with Crippen LogP contribution in [-0.2, 0) is 0 Å². The molecule has 1 aliphatic heterocycles. The van der Waals surface area contributed by atoms with Gasteiger partial charge in [0.2, 0.25) is 5.78 Å². The molecule has 1 aliphatic rings. The molecule has 30 heavy (non-hydrogen) atoms. The van der Waals surface area contributed by atoms with Crippen molar-refractivity contribution in [2.24, 2.45) is 0 Å². The number of esters is 1. The Morgan fingerprint density at radius 2 is 1.70 bits per heavy atom. The third-order valence-corrected chi connectivity index (χ3v) is 4.98. The Labute approximate surface area is 178 Å². The first-order valence-corrected chi connectivity index (χ1v) is 9.53. The summed E-state index contributed by atoms with van der Waals surface area (Å²) in [5, 5.41) is 0.531. The van der Waals surface area contributed by atoms with Crippen molar-refractivity contribution in [1.29, 1.82) is 0 Å².